The molecule has 1 heteroatoms. The first-order valence-corrected chi connectivity index (χ1v) is 7.12. The third-order valence-electron chi connectivity index (χ3n) is 3.76. The third kappa shape index (κ3) is 6.50. The summed E-state index contributed by atoms with van der Waals surface area (Å²) in [5.74, 6) is 1.06. The first-order chi connectivity index (χ1) is 7.44. The topological polar surface area (TPSA) is 0 Å². The van der Waals surface area contributed by atoms with E-state index in [0.717, 1.165) is 25.2 Å². The minimum absolute atomic E-state index is 0.273. The number of alkyl halides is 1. The molecule has 0 aliphatic rings. The van der Waals surface area contributed by atoms with Crippen molar-refractivity contribution in [2.45, 2.75) is 85.2 Å². The van der Waals surface area contributed by atoms with Crippen LogP contribution < -0.4 is 0 Å². The molecule has 0 aliphatic heterocycles. The van der Waals surface area contributed by atoms with Crippen molar-refractivity contribution in [1.29, 1.82) is 0 Å². The molecule has 0 saturated carbocycles. The molecule has 0 aromatic carbocycles. The molecule has 0 saturated heterocycles. The summed E-state index contributed by atoms with van der Waals surface area (Å²) in [6, 6.07) is 0. The van der Waals surface area contributed by atoms with E-state index in [1.54, 1.807) is 6.92 Å². The lowest BCUT2D eigenvalue weighted by atomic mass is 9.81. The summed E-state index contributed by atoms with van der Waals surface area (Å²) in [4.78, 5) is 0. The highest BCUT2D eigenvalue weighted by molar-refractivity contribution is 4.81. The van der Waals surface area contributed by atoms with E-state index in [4.69, 9.17) is 0 Å². The van der Waals surface area contributed by atoms with Crippen LogP contribution in [-0.4, -0.2) is 5.67 Å². The van der Waals surface area contributed by atoms with Gasteiger partial charge in [-0.15, -0.1) is 0 Å². The fourth-order valence-corrected chi connectivity index (χ4v) is 2.33. The summed E-state index contributed by atoms with van der Waals surface area (Å²) in [5.41, 5.74) is -0.951. The summed E-state index contributed by atoms with van der Waals surface area (Å²) >= 11 is 0. The van der Waals surface area contributed by atoms with E-state index in [2.05, 4.69) is 20.8 Å². The molecule has 2 atom stereocenters. The Morgan fingerprint density at radius 3 is 2.00 bits per heavy atom. The van der Waals surface area contributed by atoms with Crippen LogP contribution in [0.15, 0.2) is 0 Å². The van der Waals surface area contributed by atoms with Crippen LogP contribution in [0.1, 0.15) is 79.6 Å². The summed E-state index contributed by atoms with van der Waals surface area (Å²) in [6.07, 6.45) is 7.62. The van der Waals surface area contributed by atoms with Crippen molar-refractivity contribution in [2.75, 3.05) is 0 Å². The molecule has 16 heavy (non-hydrogen) atoms. The second-order valence-electron chi connectivity index (χ2n) is 5.80. The zero-order chi connectivity index (χ0) is 12.6. The molecule has 98 valence electrons. The number of hydrogen-bond acceptors (Lipinski definition) is 0. The van der Waals surface area contributed by atoms with Crippen LogP contribution in [0.2, 0.25) is 0 Å². The third-order valence-corrected chi connectivity index (χ3v) is 3.76. The highest BCUT2D eigenvalue weighted by Gasteiger charge is 2.30. The van der Waals surface area contributed by atoms with E-state index in [0.29, 0.717) is 6.42 Å². The molecule has 0 radical (unpaired) electrons. The largest absolute Gasteiger partial charge is 0.244 e. The summed E-state index contributed by atoms with van der Waals surface area (Å²) in [6.45, 7) is 10.4. The van der Waals surface area contributed by atoms with E-state index >= 15 is 0 Å². The molecule has 0 bridgehead atoms. The van der Waals surface area contributed by atoms with Crippen LogP contribution in [0.3, 0.4) is 0 Å². The van der Waals surface area contributed by atoms with E-state index in [1.165, 1.54) is 19.3 Å². The van der Waals surface area contributed by atoms with Gasteiger partial charge in [0.05, 0.1) is 0 Å². The Morgan fingerprint density at radius 1 is 1.00 bits per heavy atom. The lowest BCUT2D eigenvalue weighted by molar-refractivity contribution is 0.0819. The molecule has 0 amide bonds. The zero-order valence-corrected chi connectivity index (χ0v) is 12.0. The molecule has 0 aromatic rings. The van der Waals surface area contributed by atoms with Crippen molar-refractivity contribution in [3.8, 4) is 0 Å². The Bertz CT molecular complexity index is 161. The van der Waals surface area contributed by atoms with Crippen molar-refractivity contribution in [3.05, 3.63) is 0 Å². The average Bonchev–Trinajstić information content (AvgIpc) is 2.22. The van der Waals surface area contributed by atoms with E-state index in [-0.39, 0.29) is 5.92 Å². The van der Waals surface area contributed by atoms with Crippen molar-refractivity contribution in [1.82, 2.24) is 0 Å². The van der Waals surface area contributed by atoms with E-state index in [1.807, 2.05) is 6.92 Å². The Kier molecular flexibility index (Phi) is 8.05. The number of halogens is 1. The minimum atomic E-state index is -0.951. The van der Waals surface area contributed by atoms with Gasteiger partial charge in [0.25, 0.3) is 0 Å². The molecule has 0 fully saturated rings. The predicted octanol–water partition coefficient (Wildman–Crippen LogP) is 5.76. The zero-order valence-electron chi connectivity index (χ0n) is 12.0. The number of hydrogen-bond donors (Lipinski definition) is 0. The summed E-state index contributed by atoms with van der Waals surface area (Å²) in [7, 11) is 0. The molecule has 2 unspecified atom stereocenters. The van der Waals surface area contributed by atoms with Gasteiger partial charge in [-0.05, 0) is 38.0 Å². The van der Waals surface area contributed by atoms with Gasteiger partial charge in [-0.25, -0.2) is 4.39 Å². The highest BCUT2D eigenvalue weighted by Crippen LogP contribution is 2.33. The van der Waals surface area contributed by atoms with Gasteiger partial charge < -0.3 is 0 Å². The normalized spacial score (nSPS) is 17.4. The van der Waals surface area contributed by atoms with Gasteiger partial charge in [0.1, 0.15) is 5.67 Å². The lowest BCUT2D eigenvalue weighted by Crippen LogP contribution is -2.28. The first-order valence-electron chi connectivity index (χ1n) is 7.12. The molecule has 0 N–H and O–H groups in total. The molecular formula is C15H31F. The van der Waals surface area contributed by atoms with Crippen LogP contribution in [0.25, 0.3) is 0 Å². The molecule has 0 aliphatic carbocycles. The summed E-state index contributed by atoms with van der Waals surface area (Å²) < 4.78 is 14.3. The SMILES string of the molecule is CCCC(CCCCC(C)C)C(C)(F)CC. The Labute approximate surface area is 102 Å². The fourth-order valence-electron chi connectivity index (χ4n) is 2.33. The van der Waals surface area contributed by atoms with Gasteiger partial charge in [0.2, 0.25) is 0 Å². The van der Waals surface area contributed by atoms with Gasteiger partial charge in [-0.2, -0.15) is 0 Å². The molecule has 0 spiro atoms. The maximum absolute atomic E-state index is 14.3. The predicted molar refractivity (Wildman–Crippen MR) is 71.5 cm³/mol. The molecule has 0 aromatic heterocycles. The van der Waals surface area contributed by atoms with Gasteiger partial charge in [0, 0.05) is 0 Å². The van der Waals surface area contributed by atoms with Crippen LogP contribution in [0.5, 0.6) is 0 Å². The van der Waals surface area contributed by atoms with Gasteiger partial charge in [-0.3, -0.25) is 0 Å². The first kappa shape index (κ1) is 15.9. The smallest absolute Gasteiger partial charge is 0.110 e. The maximum atomic E-state index is 14.3. The molecule has 0 heterocycles. The highest BCUT2D eigenvalue weighted by atomic mass is 19.1. The molecule has 0 rings (SSSR count). The second kappa shape index (κ2) is 8.08. The standard InChI is InChI=1S/C15H31F/c1-6-10-14(15(5,16)7-2)12-9-8-11-13(3)4/h13-14H,6-12H2,1-5H3. The number of rotatable bonds is 9. The number of unbranched alkanes of at least 4 members (excludes halogenated alkanes) is 1. The van der Waals surface area contributed by atoms with Crippen molar-refractivity contribution in [2.24, 2.45) is 11.8 Å². The monoisotopic (exact) mass is 230 g/mol. The van der Waals surface area contributed by atoms with Crippen molar-refractivity contribution in [3.63, 3.8) is 0 Å². The Morgan fingerprint density at radius 2 is 1.56 bits per heavy atom. The average molecular weight is 230 g/mol. The van der Waals surface area contributed by atoms with Crippen LogP contribution in [0, 0.1) is 11.8 Å². The summed E-state index contributed by atoms with van der Waals surface area (Å²) in [5, 5.41) is 0. The van der Waals surface area contributed by atoms with Gasteiger partial charge in [-0.1, -0.05) is 53.4 Å². The fraction of sp³-hybridized carbons (Fsp3) is 1.00. The second-order valence-corrected chi connectivity index (χ2v) is 5.80. The van der Waals surface area contributed by atoms with Crippen LogP contribution >= 0.6 is 0 Å². The molecular weight excluding hydrogens is 199 g/mol. The Balaban J connectivity index is 3.94. The minimum Gasteiger partial charge on any atom is -0.244 e. The van der Waals surface area contributed by atoms with Crippen molar-refractivity contribution >= 4 is 0 Å². The quantitative estimate of drug-likeness (QED) is 0.442. The van der Waals surface area contributed by atoms with E-state index in [9.17, 15) is 4.39 Å². The van der Waals surface area contributed by atoms with Gasteiger partial charge >= 0.3 is 0 Å². The van der Waals surface area contributed by atoms with Gasteiger partial charge in [0.15, 0.2) is 0 Å². The van der Waals surface area contributed by atoms with Crippen LogP contribution in [0.4, 0.5) is 4.39 Å². The van der Waals surface area contributed by atoms with E-state index < -0.39 is 5.67 Å². The lowest BCUT2D eigenvalue weighted by Gasteiger charge is -2.29. The Hall–Kier alpha value is -0.0700. The van der Waals surface area contributed by atoms with Crippen LogP contribution in [-0.2, 0) is 0 Å². The van der Waals surface area contributed by atoms with Crippen molar-refractivity contribution < 1.29 is 4.39 Å². The molecule has 0 nitrogen and oxygen atoms in total. The maximum Gasteiger partial charge on any atom is 0.110 e.